The van der Waals surface area contributed by atoms with Crippen molar-refractivity contribution in [1.29, 1.82) is 0 Å². The third-order valence-electron chi connectivity index (χ3n) is 3.88. The summed E-state index contributed by atoms with van der Waals surface area (Å²) in [5, 5.41) is 0. The van der Waals surface area contributed by atoms with Crippen molar-refractivity contribution >= 4 is 5.91 Å². The number of halogens is 2. The van der Waals surface area contributed by atoms with E-state index < -0.39 is 23.1 Å². The third-order valence-corrected chi connectivity index (χ3v) is 3.88. The van der Waals surface area contributed by atoms with Crippen LogP contribution in [0.5, 0.6) is 0 Å². The standard InChI is InChI=1S/C15H20F2N2O/c1-10-6-7-12(16)13(14(10)17)15(20)19-9-3-5-11(19)4-2-8-18/h6-7,11H,2-5,8-9,18H2,1H3. The van der Waals surface area contributed by atoms with Crippen LogP contribution < -0.4 is 5.73 Å². The summed E-state index contributed by atoms with van der Waals surface area (Å²) < 4.78 is 27.8. The third kappa shape index (κ3) is 2.82. The van der Waals surface area contributed by atoms with Gasteiger partial charge in [0.05, 0.1) is 0 Å². The van der Waals surface area contributed by atoms with Gasteiger partial charge in [0.1, 0.15) is 17.2 Å². The fourth-order valence-electron chi connectivity index (χ4n) is 2.75. The van der Waals surface area contributed by atoms with Gasteiger partial charge in [-0.3, -0.25) is 4.79 Å². The highest BCUT2D eigenvalue weighted by Gasteiger charge is 2.32. The molecule has 0 aromatic heterocycles. The molecular formula is C15H20F2N2O. The van der Waals surface area contributed by atoms with Crippen LogP contribution >= 0.6 is 0 Å². The van der Waals surface area contributed by atoms with Crippen LogP contribution in [0.15, 0.2) is 12.1 Å². The van der Waals surface area contributed by atoms with Crippen LogP contribution in [-0.2, 0) is 0 Å². The Kier molecular flexibility index (Phi) is 4.70. The van der Waals surface area contributed by atoms with Gasteiger partial charge in [-0.2, -0.15) is 0 Å². The molecule has 1 amide bonds. The average Bonchev–Trinajstić information content (AvgIpc) is 2.89. The molecule has 1 unspecified atom stereocenters. The van der Waals surface area contributed by atoms with Crippen molar-refractivity contribution in [3.63, 3.8) is 0 Å². The van der Waals surface area contributed by atoms with Crippen molar-refractivity contribution in [3.8, 4) is 0 Å². The number of nitrogens with two attached hydrogens (primary N) is 1. The zero-order valence-corrected chi connectivity index (χ0v) is 11.7. The number of benzene rings is 1. The maximum Gasteiger partial charge on any atom is 0.260 e. The maximum absolute atomic E-state index is 14.0. The topological polar surface area (TPSA) is 46.3 Å². The van der Waals surface area contributed by atoms with Gasteiger partial charge in [-0.1, -0.05) is 6.07 Å². The number of nitrogens with zero attached hydrogens (tertiary/aromatic N) is 1. The lowest BCUT2D eigenvalue weighted by molar-refractivity contribution is 0.0719. The Labute approximate surface area is 117 Å². The van der Waals surface area contributed by atoms with Crippen LogP contribution in [0.3, 0.4) is 0 Å². The number of aryl methyl sites for hydroxylation is 1. The molecule has 0 saturated carbocycles. The number of hydrogen-bond acceptors (Lipinski definition) is 2. The van der Waals surface area contributed by atoms with E-state index in [0.29, 0.717) is 13.1 Å². The maximum atomic E-state index is 14.0. The Balaban J connectivity index is 2.25. The molecule has 1 aliphatic rings. The lowest BCUT2D eigenvalue weighted by Gasteiger charge is -2.25. The molecule has 20 heavy (non-hydrogen) atoms. The van der Waals surface area contributed by atoms with Gasteiger partial charge < -0.3 is 10.6 Å². The molecular weight excluding hydrogens is 262 g/mol. The largest absolute Gasteiger partial charge is 0.335 e. The Bertz CT molecular complexity index is 505. The highest BCUT2D eigenvalue weighted by atomic mass is 19.1. The van der Waals surface area contributed by atoms with Crippen LogP contribution in [0, 0.1) is 18.6 Å². The molecule has 5 heteroatoms. The molecule has 110 valence electrons. The molecule has 1 fully saturated rings. The Morgan fingerprint density at radius 2 is 2.20 bits per heavy atom. The van der Waals surface area contributed by atoms with Crippen molar-refractivity contribution in [2.24, 2.45) is 5.73 Å². The SMILES string of the molecule is Cc1ccc(F)c(C(=O)N2CCCC2CCCN)c1F. The number of rotatable bonds is 4. The molecule has 0 aliphatic carbocycles. The molecule has 1 atom stereocenters. The minimum atomic E-state index is -0.789. The predicted molar refractivity (Wildman–Crippen MR) is 73.4 cm³/mol. The zero-order valence-electron chi connectivity index (χ0n) is 11.7. The van der Waals surface area contributed by atoms with E-state index in [9.17, 15) is 13.6 Å². The predicted octanol–water partition coefficient (Wildman–Crippen LogP) is 2.62. The van der Waals surface area contributed by atoms with Gasteiger partial charge in [-0.15, -0.1) is 0 Å². The second kappa shape index (κ2) is 6.31. The molecule has 1 saturated heterocycles. The van der Waals surface area contributed by atoms with Gasteiger partial charge in [0.25, 0.3) is 5.91 Å². The Morgan fingerprint density at radius 1 is 1.45 bits per heavy atom. The van der Waals surface area contributed by atoms with E-state index in [2.05, 4.69) is 0 Å². The summed E-state index contributed by atoms with van der Waals surface area (Å²) in [4.78, 5) is 14.0. The first kappa shape index (κ1) is 14.9. The fraction of sp³-hybridized carbons (Fsp3) is 0.533. The number of carbonyl (C=O) groups is 1. The summed E-state index contributed by atoms with van der Waals surface area (Å²) in [6, 6.07) is 2.54. The Morgan fingerprint density at radius 3 is 2.90 bits per heavy atom. The fourth-order valence-corrected chi connectivity index (χ4v) is 2.75. The molecule has 3 nitrogen and oxygen atoms in total. The first-order valence-corrected chi connectivity index (χ1v) is 7.02. The summed E-state index contributed by atoms with van der Waals surface area (Å²) in [5.74, 6) is -2.08. The molecule has 0 radical (unpaired) electrons. The van der Waals surface area contributed by atoms with E-state index in [1.165, 1.54) is 13.0 Å². The molecule has 1 aromatic rings. The van der Waals surface area contributed by atoms with E-state index in [1.54, 1.807) is 4.90 Å². The molecule has 1 aromatic carbocycles. The first-order valence-electron chi connectivity index (χ1n) is 7.02. The number of likely N-dealkylation sites (tertiary alicyclic amines) is 1. The summed E-state index contributed by atoms with van der Waals surface area (Å²) in [6.45, 7) is 2.65. The van der Waals surface area contributed by atoms with Gasteiger partial charge in [-0.25, -0.2) is 8.78 Å². The molecule has 0 bridgehead atoms. The quantitative estimate of drug-likeness (QED) is 0.922. The molecule has 2 N–H and O–H groups in total. The minimum Gasteiger partial charge on any atom is -0.335 e. The van der Waals surface area contributed by atoms with E-state index in [4.69, 9.17) is 5.73 Å². The lowest BCUT2D eigenvalue weighted by Crippen LogP contribution is -2.37. The molecule has 1 aliphatic heterocycles. The van der Waals surface area contributed by atoms with Crippen LogP contribution in [0.1, 0.15) is 41.6 Å². The smallest absolute Gasteiger partial charge is 0.260 e. The second-order valence-electron chi connectivity index (χ2n) is 5.28. The Hall–Kier alpha value is -1.49. The van der Waals surface area contributed by atoms with Gasteiger partial charge >= 0.3 is 0 Å². The highest BCUT2D eigenvalue weighted by Crippen LogP contribution is 2.26. The van der Waals surface area contributed by atoms with Crippen LogP contribution in [0.25, 0.3) is 0 Å². The van der Waals surface area contributed by atoms with Crippen LogP contribution in [0.2, 0.25) is 0 Å². The number of amides is 1. The normalized spacial score (nSPS) is 18.6. The number of carbonyl (C=O) groups excluding carboxylic acids is 1. The summed E-state index contributed by atoms with van der Waals surface area (Å²) in [7, 11) is 0. The van der Waals surface area contributed by atoms with Crippen molar-refractivity contribution in [1.82, 2.24) is 4.90 Å². The highest BCUT2D eigenvalue weighted by molar-refractivity contribution is 5.95. The molecule has 0 spiro atoms. The minimum absolute atomic E-state index is 0.0466. The van der Waals surface area contributed by atoms with Gasteiger partial charge in [0.15, 0.2) is 0 Å². The monoisotopic (exact) mass is 282 g/mol. The van der Waals surface area contributed by atoms with Crippen LogP contribution in [0.4, 0.5) is 8.78 Å². The van der Waals surface area contributed by atoms with Gasteiger partial charge in [-0.05, 0) is 50.8 Å². The van der Waals surface area contributed by atoms with Crippen molar-refractivity contribution in [2.75, 3.05) is 13.1 Å². The van der Waals surface area contributed by atoms with E-state index in [-0.39, 0.29) is 11.6 Å². The summed E-state index contributed by atoms with van der Waals surface area (Å²) in [6.07, 6.45) is 3.35. The van der Waals surface area contributed by atoms with E-state index in [1.807, 2.05) is 0 Å². The molecule has 1 heterocycles. The van der Waals surface area contributed by atoms with E-state index >= 15 is 0 Å². The van der Waals surface area contributed by atoms with Gasteiger partial charge in [0.2, 0.25) is 0 Å². The van der Waals surface area contributed by atoms with E-state index in [0.717, 1.165) is 31.7 Å². The summed E-state index contributed by atoms with van der Waals surface area (Å²) >= 11 is 0. The van der Waals surface area contributed by atoms with Crippen molar-refractivity contribution in [3.05, 3.63) is 34.9 Å². The second-order valence-corrected chi connectivity index (χ2v) is 5.28. The van der Waals surface area contributed by atoms with Crippen molar-refractivity contribution in [2.45, 2.75) is 38.6 Å². The van der Waals surface area contributed by atoms with Crippen molar-refractivity contribution < 1.29 is 13.6 Å². The zero-order chi connectivity index (χ0) is 14.7. The lowest BCUT2D eigenvalue weighted by atomic mass is 10.1. The molecule has 2 rings (SSSR count). The van der Waals surface area contributed by atoms with Crippen LogP contribution in [-0.4, -0.2) is 29.9 Å². The summed E-state index contributed by atoms with van der Waals surface area (Å²) in [5.41, 5.74) is 5.34. The van der Waals surface area contributed by atoms with Gasteiger partial charge in [0, 0.05) is 12.6 Å². The average molecular weight is 282 g/mol. The first-order chi connectivity index (χ1) is 9.56. The number of hydrogen-bond donors (Lipinski definition) is 1.